The van der Waals surface area contributed by atoms with Gasteiger partial charge in [-0.05, 0) is 20.3 Å². The van der Waals surface area contributed by atoms with E-state index in [0.29, 0.717) is 6.61 Å². The maximum atomic E-state index is 5.83. The number of nitrogens with two attached hydrogens (primary N) is 2. The van der Waals surface area contributed by atoms with Gasteiger partial charge in [-0.3, -0.25) is 4.84 Å². The molecular formula is C14H29N5O. The smallest absolute Gasteiger partial charge is 0.226 e. The first-order valence-corrected chi connectivity index (χ1v) is 7.60. The number of nitrogens with zero attached hydrogens (tertiary/aromatic N) is 3. The van der Waals surface area contributed by atoms with Crippen molar-refractivity contribution in [3.05, 3.63) is 0 Å². The van der Waals surface area contributed by atoms with Crippen LogP contribution in [0.3, 0.4) is 0 Å². The highest BCUT2D eigenvalue weighted by Gasteiger charge is 2.32. The van der Waals surface area contributed by atoms with E-state index in [1.807, 2.05) is 13.8 Å². The summed E-state index contributed by atoms with van der Waals surface area (Å²) in [7, 11) is 0. The Hall–Kier alpha value is -1.30. The summed E-state index contributed by atoms with van der Waals surface area (Å²) >= 11 is 0. The van der Waals surface area contributed by atoms with Gasteiger partial charge in [-0.2, -0.15) is 10.1 Å². The van der Waals surface area contributed by atoms with E-state index in [1.54, 1.807) is 5.06 Å². The molecule has 0 unspecified atom stereocenters. The number of hydroxylamine groups is 2. The summed E-state index contributed by atoms with van der Waals surface area (Å²) in [5.41, 5.74) is 10.8. The fourth-order valence-electron chi connectivity index (χ4n) is 2.23. The van der Waals surface area contributed by atoms with E-state index in [9.17, 15) is 0 Å². The predicted molar refractivity (Wildman–Crippen MR) is 83.1 cm³/mol. The van der Waals surface area contributed by atoms with Gasteiger partial charge in [0.15, 0.2) is 5.66 Å². The molecule has 0 saturated heterocycles. The lowest BCUT2D eigenvalue weighted by atomic mass is 10.1. The Morgan fingerprint density at radius 1 is 1.05 bits per heavy atom. The highest BCUT2D eigenvalue weighted by Crippen LogP contribution is 2.20. The molecule has 6 heteroatoms. The van der Waals surface area contributed by atoms with Crippen molar-refractivity contribution in [1.29, 1.82) is 0 Å². The average molecular weight is 283 g/mol. The molecule has 4 N–H and O–H groups in total. The van der Waals surface area contributed by atoms with Gasteiger partial charge in [-0.1, -0.05) is 45.4 Å². The van der Waals surface area contributed by atoms with Crippen LogP contribution in [0.4, 0.5) is 0 Å². The average Bonchev–Trinajstić information content (AvgIpc) is 2.34. The summed E-state index contributed by atoms with van der Waals surface area (Å²) in [6.07, 6.45) is 8.74. The molecule has 0 fully saturated rings. The van der Waals surface area contributed by atoms with Gasteiger partial charge in [0.1, 0.15) is 0 Å². The zero-order valence-electron chi connectivity index (χ0n) is 13.1. The lowest BCUT2D eigenvalue weighted by molar-refractivity contribution is -0.157. The highest BCUT2D eigenvalue weighted by molar-refractivity contribution is 5.95. The molecule has 116 valence electrons. The van der Waals surface area contributed by atoms with E-state index in [1.165, 1.54) is 38.5 Å². The van der Waals surface area contributed by atoms with Crippen LogP contribution in [0, 0.1) is 0 Å². The van der Waals surface area contributed by atoms with Crippen LogP contribution in [0.5, 0.6) is 0 Å². The van der Waals surface area contributed by atoms with Gasteiger partial charge in [0.05, 0.1) is 6.61 Å². The van der Waals surface area contributed by atoms with Gasteiger partial charge in [0.2, 0.25) is 11.9 Å². The number of hydrogen-bond acceptors (Lipinski definition) is 6. The Bertz CT molecular complexity index is 351. The first-order valence-electron chi connectivity index (χ1n) is 7.60. The Morgan fingerprint density at radius 3 is 2.25 bits per heavy atom. The maximum Gasteiger partial charge on any atom is 0.226 e. The van der Waals surface area contributed by atoms with Crippen molar-refractivity contribution in [3.8, 4) is 0 Å². The summed E-state index contributed by atoms with van der Waals surface area (Å²) in [5, 5.41) is 1.54. The van der Waals surface area contributed by atoms with Crippen molar-refractivity contribution in [2.75, 3.05) is 6.61 Å². The fraction of sp³-hybridized carbons (Fsp3) is 0.857. The molecule has 0 bridgehead atoms. The monoisotopic (exact) mass is 283 g/mol. The molecule has 1 rings (SSSR count). The van der Waals surface area contributed by atoms with E-state index < -0.39 is 5.66 Å². The van der Waals surface area contributed by atoms with E-state index in [4.69, 9.17) is 16.3 Å². The molecule has 0 spiro atoms. The first-order chi connectivity index (χ1) is 9.47. The van der Waals surface area contributed by atoms with Crippen LogP contribution in [0.15, 0.2) is 9.98 Å². The molecule has 1 aliphatic rings. The van der Waals surface area contributed by atoms with E-state index in [2.05, 4.69) is 16.9 Å². The quantitative estimate of drug-likeness (QED) is 0.636. The molecule has 0 aromatic carbocycles. The second-order valence-corrected chi connectivity index (χ2v) is 5.68. The Balaban J connectivity index is 2.20. The summed E-state index contributed by atoms with van der Waals surface area (Å²) in [4.78, 5) is 13.9. The molecule has 0 radical (unpaired) electrons. The topological polar surface area (TPSA) is 89.2 Å². The molecule has 6 nitrogen and oxygen atoms in total. The van der Waals surface area contributed by atoms with Gasteiger partial charge < -0.3 is 11.5 Å². The standard InChI is InChI=1S/C14H29N5O/c1-4-5-6-7-8-9-10-11-20-19-13(16)17-12(15)18-14(19,2)3/h4-11H2,1-3H3,(H4,15,16,17,18). The Labute approximate surface area is 122 Å². The SMILES string of the molecule is CCCCCCCCCON1C(N)=NC(N)=NC1(C)C. The zero-order chi connectivity index (χ0) is 15.0. The van der Waals surface area contributed by atoms with Crippen LogP contribution in [-0.2, 0) is 4.84 Å². The Morgan fingerprint density at radius 2 is 1.65 bits per heavy atom. The molecule has 0 aromatic heterocycles. The number of unbranched alkanes of at least 4 members (excludes halogenated alkanes) is 6. The number of rotatable bonds is 9. The third kappa shape index (κ3) is 5.36. The lowest BCUT2D eigenvalue weighted by Crippen LogP contribution is -2.53. The minimum absolute atomic E-state index is 0.197. The number of aliphatic imine (C=N–C) groups is 2. The van der Waals surface area contributed by atoms with Gasteiger partial charge >= 0.3 is 0 Å². The lowest BCUT2D eigenvalue weighted by Gasteiger charge is -2.36. The summed E-state index contributed by atoms with van der Waals surface area (Å²) in [6, 6.07) is 0. The molecule has 0 atom stereocenters. The zero-order valence-corrected chi connectivity index (χ0v) is 13.1. The molecule has 0 saturated carbocycles. The molecule has 0 aromatic rings. The minimum Gasteiger partial charge on any atom is -0.368 e. The molecule has 1 aliphatic heterocycles. The van der Waals surface area contributed by atoms with Gasteiger partial charge in [-0.25, -0.2) is 4.99 Å². The molecule has 20 heavy (non-hydrogen) atoms. The van der Waals surface area contributed by atoms with Gasteiger partial charge in [0.25, 0.3) is 0 Å². The van der Waals surface area contributed by atoms with Crippen LogP contribution in [0.1, 0.15) is 65.7 Å². The molecular weight excluding hydrogens is 254 g/mol. The van der Waals surface area contributed by atoms with Crippen LogP contribution in [0.2, 0.25) is 0 Å². The predicted octanol–water partition coefficient (Wildman–Crippen LogP) is 2.35. The van der Waals surface area contributed by atoms with E-state index >= 15 is 0 Å². The van der Waals surface area contributed by atoms with Crippen LogP contribution >= 0.6 is 0 Å². The minimum atomic E-state index is -0.600. The van der Waals surface area contributed by atoms with Crippen LogP contribution in [-0.4, -0.2) is 29.3 Å². The van der Waals surface area contributed by atoms with Crippen molar-refractivity contribution < 1.29 is 4.84 Å². The van der Waals surface area contributed by atoms with Crippen molar-refractivity contribution in [2.24, 2.45) is 21.5 Å². The van der Waals surface area contributed by atoms with E-state index in [0.717, 1.165) is 6.42 Å². The maximum absolute atomic E-state index is 5.83. The normalized spacial score (nSPS) is 17.9. The summed E-state index contributed by atoms with van der Waals surface area (Å²) in [6.45, 7) is 6.65. The largest absolute Gasteiger partial charge is 0.368 e. The second-order valence-electron chi connectivity index (χ2n) is 5.68. The number of guanidine groups is 2. The highest BCUT2D eigenvalue weighted by atomic mass is 16.7. The van der Waals surface area contributed by atoms with Crippen LogP contribution in [0.25, 0.3) is 0 Å². The van der Waals surface area contributed by atoms with Crippen molar-refractivity contribution in [2.45, 2.75) is 71.4 Å². The fourth-order valence-corrected chi connectivity index (χ4v) is 2.23. The molecule has 0 aliphatic carbocycles. The molecule has 1 heterocycles. The summed E-state index contributed by atoms with van der Waals surface area (Å²) < 4.78 is 0. The number of hydrogen-bond donors (Lipinski definition) is 2. The Kier molecular flexibility index (Phi) is 6.78. The van der Waals surface area contributed by atoms with Crippen LogP contribution < -0.4 is 11.5 Å². The third-order valence-corrected chi connectivity index (χ3v) is 3.29. The van der Waals surface area contributed by atoms with Crippen molar-refractivity contribution >= 4 is 11.9 Å². The van der Waals surface area contributed by atoms with E-state index in [-0.39, 0.29) is 11.9 Å². The van der Waals surface area contributed by atoms with Crippen molar-refractivity contribution in [3.63, 3.8) is 0 Å². The van der Waals surface area contributed by atoms with Gasteiger partial charge in [0, 0.05) is 0 Å². The van der Waals surface area contributed by atoms with Crippen molar-refractivity contribution in [1.82, 2.24) is 5.06 Å². The first kappa shape index (κ1) is 16.8. The molecule has 0 amide bonds. The van der Waals surface area contributed by atoms with Gasteiger partial charge in [-0.15, -0.1) is 0 Å². The third-order valence-electron chi connectivity index (χ3n) is 3.29. The second kappa shape index (κ2) is 8.09. The summed E-state index contributed by atoms with van der Waals surface area (Å²) in [5.74, 6) is 0.466.